The van der Waals surface area contributed by atoms with E-state index in [9.17, 15) is 4.79 Å². The van der Waals surface area contributed by atoms with Crippen molar-refractivity contribution in [3.63, 3.8) is 0 Å². The zero-order chi connectivity index (χ0) is 13.7. The highest BCUT2D eigenvalue weighted by molar-refractivity contribution is 5.85. The van der Waals surface area contributed by atoms with Crippen LogP contribution in [0.3, 0.4) is 0 Å². The van der Waals surface area contributed by atoms with Gasteiger partial charge in [0.2, 0.25) is 5.91 Å². The molecule has 1 aromatic heterocycles. The SMILES string of the molecule is CN(C)c1ncccc1CNC(=O)C1CCCCN1.Cl.Cl. The molecule has 0 bridgehead atoms. The first kappa shape index (κ1) is 20.0. The second kappa shape index (κ2) is 9.82. The van der Waals surface area contributed by atoms with Crippen LogP contribution in [-0.2, 0) is 11.3 Å². The largest absolute Gasteiger partial charge is 0.362 e. The molecular weight excluding hydrogens is 311 g/mol. The number of carbonyl (C=O) groups is 1. The highest BCUT2D eigenvalue weighted by atomic mass is 35.5. The third-order valence-corrected chi connectivity index (χ3v) is 3.37. The fraction of sp³-hybridized carbons (Fsp3) is 0.571. The van der Waals surface area contributed by atoms with E-state index in [0.29, 0.717) is 6.54 Å². The van der Waals surface area contributed by atoms with Crippen molar-refractivity contribution in [2.24, 2.45) is 0 Å². The van der Waals surface area contributed by atoms with Gasteiger partial charge in [-0.3, -0.25) is 4.79 Å². The molecule has 1 aromatic rings. The van der Waals surface area contributed by atoms with Crippen molar-refractivity contribution in [3.05, 3.63) is 23.9 Å². The van der Waals surface area contributed by atoms with Gasteiger partial charge in [0.05, 0.1) is 6.04 Å². The Kier molecular flexibility index (Phi) is 9.33. The van der Waals surface area contributed by atoms with Crippen LogP contribution in [-0.4, -0.2) is 37.6 Å². The van der Waals surface area contributed by atoms with Crippen LogP contribution in [0.25, 0.3) is 0 Å². The number of hydrogen-bond donors (Lipinski definition) is 2. The van der Waals surface area contributed by atoms with E-state index in [1.807, 2.05) is 31.1 Å². The summed E-state index contributed by atoms with van der Waals surface area (Å²) in [5.41, 5.74) is 1.04. The van der Waals surface area contributed by atoms with E-state index in [1.165, 1.54) is 0 Å². The van der Waals surface area contributed by atoms with E-state index in [0.717, 1.165) is 37.2 Å². The number of piperidine rings is 1. The zero-order valence-corrected chi connectivity index (χ0v) is 14.1. The lowest BCUT2D eigenvalue weighted by Crippen LogP contribution is -2.46. The van der Waals surface area contributed by atoms with Crippen LogP contribution in [0.15, 0.2) is 18.3 Å². The fourth-order valence-corrected chi connectivity index (χ4v) is 2.35. The summed E-state index contributed by atoms with van der Waals surface area (Å²) < 4.78 is 0. The molecule has 2 rings (SSSR count). The number of nitrogens with one attached hydrogen (secondary N) is 2. The average Bonchev–Trinajstić information content (AvgIpc) is 2.46. The molecule has 1 atom stereocenters. The minimum atomic E-state index is -0.0340. The van der Waals surface area contributed by atoms with Crippen LogP contribution < -0.4 is 15.5 Å². The summed E-state index contributed by atoms with van der Waals surface area (Å²) in [5, 5.41) is 6.25. The number of rotatable bonds is 4. The van der Waals surface area contributed by atoms with Crippen LogP contribution in [0.2, 0.25) is 0 Å². The molecule has 1 amide bonds. The molecule has 1 aliphatic heterocycles. The number of nitrogens with zero attached hydrogens (tertiary/aromatic N) is 2. The first-order chi connectivity index (χ1) is 9.18. The lowest BCUT2D eigenvalue weighted by atomic mass is 10.0. The second-order valence-electron chi connectivity index (χ2n) is 5.10. The van der Waals surface area contributed by atoms with Crippen LogP contribution in [0.4, 0.5) is 5.82 Å². The maximum Gasteiger partial charge on any atom is 0.237 e. The van der Waals surface area contributed by atoms with Gasteiger partial charge in [0.25, 0.3) is 0 Å². The summed E-state index contributed by atoms with van der Waals surface area (Å²) in [6.45, 7) is 1.46. The van der Waals surface area contributed by atoms with E-state index >= 15 is 0 Å². The molecule has 1 fully saturated rings. The summed E-state index contributed by atoms with van der Waals surface area (Å²) in [6.07, 6.45) is 4.99. The molecule has 0 aromatic carbocycles. The molecule has 2 N–H and O–H groups in total. The Morgan fingerprint density at radius 2 is 2.19 bits per heavy atom. The van der Waals surface area contributed by atoms with E-state index < -0.39 is 0 Å². The maximum atomic E-state index is 12.0. The molecular formula is C14H24Cl2N4O. The van der Waals surface area contributed by atoms with Gasteiger partial charge in [0.15, 0.2) is 0 Å². The van der Waals surface area contributed by atoms with Crippen molar-refractivity contribution in [2.45, 2.75) is 31.8 Å². The normalized spacial score (nSPS) is 17.1. The van der Waals surface area contributed by atoms with Gasteiger partial charge in [-0.2, -0.15) is 0 Å². The average molecular weight is 335 g/mol. The van der Waals surface area contributed by atoms with Gasteiger partial charge >= 0.3 is 0 Å². The van der Waals surface area contributed by atoms with Gasteiger partial charge in [-0.1, -0.05) is 12.5 Å². The number of amides is 1. The Balaban J connectivity index is 0.00000200. The summed E-state index contributed by atoms with van der Waals surface area (Å²) in [7, 11) is 3.91. The third kappa shape index (κ3) is 5.69. The molecule has 1 saturated heterocycles. The standard InChI is InChI=1S/C14H22N4O.2ClH/c1-18(2)13-11(6-5-9-16-13)10-17-14(19)12-7-3-4-8-15-12;;/h5-6,9,12,15H,3-4,7-8,10H2,1-2H3,(H,17,19);2*1H. The van der Waals surface area contributed by atoms with E-state index in [4.69, 9.17) is 0 Å². The highest BCUT2D eigenvalue weighted by Gasteiger charge is 2.20. The summed E-state index contributed by atoms with van der Waals surface area (Å²) in [5.74, 6) is 0.993. The predicted octanol–water partition coefficient (Wildman–Crippen LogP) is 1.75. The highest BCUT2D eigenvalue weighted by Crippen LogP contribution is 2.14. The Morgan fingerprint density at radius 3 is 2.81 bits per heavy atom. The van der Waals surface area contributed by atoms with Crippen LogP contribution in [0.1, 0.15) is 24.8 Å². The van der Waals surface area contributed by atoms with Gasteiger partial charge < -0.3 is 15.5 Å². The van der Waals surface area contributed by atoms with Crippen LogP contribution in [0.5, 0.6) is 0 Å². The molecule has 1 aliphatic rings. The number of halogens is 2. The zero-order valence-electron chi connectivity index (χ0n) is 12.5. The van der Waals surface area contributed by atoms with Gasteiger partial charge in [-0.05, 0) is 25.5 Å². The molecule has 21 heavy (non-hydrogen) atoms. The lowest BCUT2D eigenvalue weighted by molar-refractivity contribution is -0.123. The Hall–Kier alpha value is -1.04. The Labute approximate surface area is 138 Å². The van der Waals surface area contributed by atoms with Crippen molar-refractivity contribution in [3.8, 4) is 0 Å². The number of pyridine rings is 1. The van der Waals surface area contributed by atoms with Crippen molar-refractivity contribution >= 4 is 36.5 Å². The number of carbonyl (C=O) groups excluding carboxylic acids is 1. The van der Waals surface area contributed by atoms with Crippen LogP contribution >= 0.6 is 24.8 Å². The first-order valence-electron chi connectivity index (χ1n) is 6.81. The van der Waals surface area contributed by atoms with Gasteiger partial charge in [-0.15, -0.1) is 24.8 Å². The molecule has 0 saturated carbocycles. The van der Waals surface area contributed by atoms with Crippen molar-refractivity contribution in [2.75, 3.05) is 25.5 Å². The smallest absolute Gasteiger partial charge is 0.237 e. The number of hydrogen-bond acceptors (Lipinski definition) is 4. The molecule has 1 unspecified atom stereocenters. The first-order valence-corrected chi connectivity index (χ1v) is 6.81. The van der Waals surface area contributed by atoms with Crippen molar-refractivity contribution in [1.82, 2.24) is 15.6 Å². The maximum absolute atomic E-state index is 12.0. The molecule has 120 valence electrons. The minimum absolute atomic E-state index is 0. The topological polar surface area (TPSA) is 57.3 Å². The van der Waals surface area contributed by atoms with E-state index in [1.54, 1.807) is 6.20 Å². The molecule has 5 nitrogen and oxygen atoms in total. The molecule has 0 radical (unpaired) electrons. The molecule has 7 heteroatoms. The lowest BCUT2D eigenvalue weighted by Gasteiger charge is -2.23. The molecule has 0 aliphatic carbocycles. The predicted molar refractivity (Wildman–Crippen MR) is 90.5 cm³/mol. The van der Waals surface area contributed by atoms with Gasteiger partial charge in [-0.25, -0.2) is 4.98 Å². The third-order valence-electron chi connectivity index (χ3n) is 3.37. The molecule has 2 heterocycles. The van der Waals surface area contributed by atoms with E-state index in [2.05, 4.69) is 15.6 Å². The quantitative estimate of drug-likeness (QED) is 0.880. The van der Waals surface area contributed by atoms with Gasteiger partial charge in [0, 0.05) is 32.4 Å². The Bertz CT molecular complexity index is 437. The van der Waals surface area contributed by atoms with Crippen molar-refractivity contribution in [1.29, 1.82) is 0 Å². The minimum Gasteiger partial charge on any atom is -0.362 e. The second-order valence-corrected chi connectivity index (χ2v) is 5.10. The van der Waals surface area contributed by atoms with E-state index in [-0.39, 0.29) is 36.8 Å². The Morgan fingerprint density at radius 1 is 1.43 bits per heavy atom. The molecule has 0 spiro atoms. The van der Waals surface area contributed by atoms with Crippen LogP contribution in [0, 0.1) is 0 Å². The van der Waals surface area contributed by atoms with Crippen molar-refractivity contribution < 1.29 is 4.79 Å². The monoisotopic (exact) mass is 334 g/mol. The summed E-state index contributed by atoms with van der Waals surface area (Å²) in [4.78, 5) is 18.3. The fourth-order valence-electron chi connectivity index (χ4n) is 2.35. The summed E-state index contributed by atoms with van der Waals surface area (Å²) in [6, 6.07) is 3.86. The number of aromatic nitrogens is 1. The number of anilines is 1. The summed E-state index contributed by atoms with van der Waals surface area (Å²) >= 11 is 0. The van der Waals surface area contributed by atoms with Gasteiger partial charge in [0.1, 0.15) is 5.82 Å².